The number of rotatable bonds is 7. The molecule has 7 nitrogen and oxygen atoms in total. The minimum atomic E-state index is -0.686. The van der Waals surface area contributed by atoms with Crippen LogP contribution in [0.3, 0.4) is 0 Å². The summed E-state index contributed by atoms with van der Waals surface area (Å²) in [6.45, 7) is 2.51. The van der Waals surface area contributed by atoms with Crippen molar-refractivity contribution >= 4 is 33.3 Å². The molecule has 0 saturated carbocycles. The van der Waals surface area contributed by atoms with Crippen LogP contribution >= 0.6 is 11.3 Å². The van der Waals surface area contributed by atoms with E-state index in [0.29, 0.717) is 34.0 Å². The molecule has 2 aromatic heterocycles. The number of para-hydroxylation sites is 1. The van der Waals surface area contributed by atoms with Gasteiger partial charge in [0.2, 0.25) is 10.9 Å². The van der Waals surface area contributed by atoms with Gasteiger partial charge in [-0.25, -0.2) is 0 Å². The third kappa shape index (κ3) is 4.19. The topological polar surface area (TPSA) is 85.5 Å². The molecule has 0 fully saturated rings. The van der Waals surface area contributed by atoms with Crippen molar-refractivity contribution in [2.24, 2.45) is 0 Å². The summed E-state index contributed by atoms with van der Waals surface area (Å²) in [5, 5.41) is 10.3. The predicted molar refractivity (Wildman–Crippen MR) is 142 cm³/mol. The first-order valence-electron chi connectivity index (χ1n) is 12.1. The second-order valence-corrected chi connectivity index (χ2v) is 9.86. The molecule has 0 bridgehead atoms. The van der Waals surface area contributed by atoms with Crippen LogP contribution < -0.4 is 15.1 Å². The molecule has 1 aliphatic heterocycles. The van der Waals surface area contributed by atoms with E-state index >= 15 is 0 Å². The third-order valence-corrected chi connectivity index (χ3v) is 7.33. The van der Waals surface area contributed by atoms with Crippen LogP contribution in [0.4, 0.5) is 5.13 Å². The van der Waals surface area contributed by atoms with Crippen LogP contribution in [-0.2, 0) is 13.0 Å². The summed E-state index contributed by atoms with van der Waals surface area (Å²) in [6, 6.07) is 23.7. The average molecular weight is 510 g/mol. The monoisotopic (exact) mass is 509 g/mol. The Balaban J connectivity index is 1.42. The maximum atomic E-state index is 13.7. The molecule has 3 heterocycles. The predicted octanol–water partition coefficient (Wildman–Crippen LogP) is 5.93. The van der Waals surface area contributed by atoms with Crippen LogP contribution in [0.25, 0.3) is 11.0 Å². The van der Waals surface area contributed by atoms with Gasteiger partial charge >= 0.3 is 0 Å². The molecule has 3 aromatic carbocycles. The Morgan fingerprint density at radius 2 is 1.70 bits per heavy atom. The lowest BCUT2D eigenvalue weighted by Crippen LogP contribution is -2.29. The molecule has 8 heteroatoms. The summed E-state index contributed by atoms with van der Waals surface area (Å²) in [4.78, 5) is 28.9. The zero-order valence-electron chi connectivity index (χ0n) is 20.1. The second-order valence-electron chi connectivity index (χ2n) is 8.82. The Hall–Kier alpha value is -4.30. The summed E-state index contributed by atoms with van der Waals surface area (Å²) >= 11 is 1.36. The molecule has 0 aliphatic carbocycles. The number of hydrogen-bond donors (Lipinski definition) is 0. The number of carbonyl (C=O) groups is 1. The van der Waals surface area contributed by atoms with Crippen molar-refractivity contribution in [2.75, 3.05) is 4.90 Å². The lowest BCUT2D eigenvalue weighted by atomic mass is 9.98. The van der Waals surface area contributed by atoms with Gasteiger partial charge in [-0.15, -0.1) is 10.2 Å². The number of nitrogens with zero attached hydrogens (tertiary/aromatic N) is 3. The molecular weight excluding hydrogens is 486 g/mol. The fourth-order valence-corrected chi connectivity index (χ4v) is 5.54. The molecule has 0 saturated heterocycles. The van der Waals surface area contributed by atoms with Gasteiger partial charge in [0.15, 0.2) is 5.43 Å². The molecule has 1 amide bonds. The highest BCUT2D eigenvalue weighted by Crippen LogP contribution is 2.42. The van der Waals surface area contributed by atoms with Crippen molar-refractivity contribution in [3.8, 4) is 5.75 Å². The van der Waals surface area contributed by atoms with Crippen molar-refractivity contribution in [3.63, 3.8) is 0 Å². The average Bonchev–Trinajstić information content (AvgIpc) is 3.51. The maximum Gasteiger partial charge on any atom is 0.297 e. The van der Waals surface area contributed by atoms with Gasteiger partial charge in [-0.2, -0.15) is 0 Å². The van der Waals surface area contributed by atoms with Crippen LogP contribution in [-0.4, -0.2) is 16.1 Å². The van der Waals surface area contributed by atoms with Crippen molar-refractivity contribution < 1.29 is 13.9 Å². The van der Waals surface area contributed by atoms with E-state index in [9.17, 15) is 9.59 Å². The Morgan fingerprint density at radius 1 is 0.946 bits per heavy atom. The van der Waals surface area contributed by atoms with Crippen molar-refractivity contribution in [1.82, 2.24) is 10.2 Å². The van der Waals surface area contributed by atoms with Crippen LogP contribution in [0.5, 0.6) is 5.75 Å². The van der Waals surface area contributed by atoms with E-state index in [1.807, 2.05) is 54.6 Å². The number of hydrogen-bond acceptors (Lipinski definition) is 7. The minimum Gasteiger partial charge on any atom is -0.489 e. The molecule has 0 N–H and O–H groups in total. The molecular formula is C29H23N3O4S. The van der Waals surface area contributed by atoms with E-state index in [1.165, 1.54) is 16.2 Å². The highest BCUT2D eigenvalue weighted by Gasteiger charge is 2.45. The van der Waals surface area contributed by atoms with Crippen LogP contribution in [0, 0.1) is 0 Å². The highest BCUT2D eigenvalue weighted by atomic mass is 32.1. The lowest BCUT2D eigenvalue weighted by Gasteiger charge is -2.22. The van der Waals surface area contributed by atoms with Gasteiger partial charge in [0.25, 0.3) is 5.91 Å². The molecule has 1 atom stereocenters. The number of aryl methyl sites for hydroxylation is 1. The van der Waals surface area contributed by atoms with Gasteiger partial charge in [-0.05, 0) is 41.8 Å². The van der Waals surface area contributed by atoms with Gasteiger partial charge < -0.3 is 9.15 Å². The SMILES string of the molecule is CCCc1nnc(N2C(=O)c3oc4ccccc4c(=O)c3C2c2ccc(OCc3ccccc3)cc2)s1. The van der Waals surface area contributed by atoms with Crippen molar-refractivity contribution in [1.29, 1.82) is 0 Å². The normalized spacial score (nSPS) is 14.8. The standard InChI is InChI=1S/C29H23N3O4S/c1-2-8-23-30-31-29(37-23)32-25(19-13-15-20(16-14-19)35-17-18-9-4-3-5-10-18)24-26(33)21-11-6-7-12-22(21)36-27(24)28(32)34/h3-7,9-16,25H,2,8,17H2,1H3. The summed E-state index contributed by atoms with van der Waals surface area (Å²) in [5.74, 6) is 0.340. The molecule has 1 unspecified atom stereocenters. The zero-order chi connectivity index (χ0) is 25.4. The van der Waals surface area contributed by atoms with Crippen LogP contribution in [0.1, 0.15) is 51.6 Å². The van der Waals surface area contributed by atoms with Crippen LogP contribution in [0.2, 0.25) is 0 Å². The highest BCUT2D eigenvalue weighted by molar-refractivity contribution is 7.15. The zero-order valence-corrected chi connectivity index (χ0v) is 20.9. The van der Waals surface area contributed by atoms with Gasteiger partial charge in [0, 0.05) is 6.42 Å². The number of carbonyl (C=O) groups excluding carboxylic acids is 1. The van der Waals surface area contributed by atoms with Gasteiger partial charge in [-0.1, -0.05) is 72.9 Å². The number of fused-ring (bicyclic) bond motifs is 2. The Morgan fingerprint density at radius 3 is 2.49 bits per heavy atom. The van der Waals surface area contributed by atoms with E-state index < -0.39 is 11.9 Å². The fraction of sp³-hybridized carbons (Fsp3) is 0.172. The number of benzene rings is 3. The van der Waals surface area contributed by atoms with E-state index in [2.05, 4.69) is 17.1 Å². The molecule has 0 spiro atoms. The second kappa shape index (κ2) is 9.63. The molecule has 5 aromatic rings. The van der Waals surface area contributed by atoms with E-state index in [-0.39, 0.29) is 11.2 Å². The van der Waals surface area contributed by atoms with Crippen LogP contribution in [0.15, 0.2) is 88.1 Å². The first-order valence-corrected chi connectivity index (χ1v) is 12.9. The first-order chi connectivity index (χ1) is 18.1. The van der Waals surface area contributed by atoms with Gasteiger partial charge in [0.1, 0.15) is 22.9 Å². The number of ether oxygens (including phenoxy) is 1. The molecule has 184 valence electrons. The Kier molecular flexibility index (Phi) is 6.02. The Labute approximate surface area is 217 Å². The van der Waals surface area contributed by atoms with E-state index in [1.54, 1.807) is 24.3 Å². The van der Waals surface area contributed by atoms with Crippen molar-refractivity contribution in [3.05, 3.63) is 117 Å². The maximum absolute atomic E-state index is 13.7. The first kappa shape index (κ1) is 23.1. The molecule has 6 rings (SSSR count). The largest absolute Gasteiger partial charge is 0.489 e. The number of amides is 1. The van der Waals surface area contributed by atoms with Gasteiger partial charge in [-0.3, -0.25) is 14.5 Å². The summed E-state index contributed by atoms with van der Waals surface area (Å²) in [5.41, 5.74) is 2.30. The minimum absolute atomic E-state index is 0.0466. The van der Waals surface area contributed by atoms with Crippen molar-refractivity contribution in [2.45, 2.75) is 32.4 Å². The molecule has 1 aliphatic rings. The summed E-state index contributed by atoms with van der Waals surface area (Å²) in [7, 11) is 0. The third-order valence-electron chi connectivity index (χ3n) is 6.35. The summed E-state index contributed by atoms with van der Waals surface area (Å²) < 4.78 is 11.9. The fourth-order valence-electron chi connectivity index (χ4n) is 4.58. The molecule has 0 radical (unpaired) electrons. The number of aromatic nitrogens is 2. The number of anilines is 1. The molecule has 37 heavy (non-hydrogen) atoms. The Bertz CT molecular complexity index is 1640. The quantitative estimate of drug-likeness (QED) is 0.271. The smallest absolute Gasteiger partial charge is 0.297 e. The summed E-state index contributed by atoms with van der Waals surface area (Å²) in [6.07, 6.45) is 1.69. The van der Waals surface area contributed by atoms with Gasteiger partial charge in [0.05, 0.1) is 17.0 Å². The van der Waals surface area contributed by atoms with E-state index in [0.717, 1.165) is 29.0 Å². The van der Waals surface area contributed by atoms with E-state index in [4.69, 9.17) is 9.15 Å². The lowest BCUT2D eigenvalue weighted by molar-refractivity contribution is 0.0970.